The van der Waals surface area contributed by atoms with Crippen molar-refractivity contribution in [3.8, 4) is 0 Å². The number of hydrogen-bond acceptors (Lipinski definition) is 3. The summed E-state index contributed by atoms with van der Waals surface area (Å²) in [7, 11) is 2.14. The van der Waals surface area contributed by atoms with Crippen molar-refractivity contribution in [2.75, 3.05) is 20.1 Å². The second-order valence-corrected chi connectivity index (χ2v) is 5.04. The third kappa shape index (κ3) is 9.76. The maximum Gasteiger partial charge on any atom is 0.0997 e. The van der Waals surface area contributed by atoms with Gasteiger partial charge in [-0.1, -0.05) is 6.58 Å². The average molecular weight is 214 g/mol. The van der Waals surface area contributed by atoms with E-state index >= 15 is 0 Å². The lowest BCUT2D eigenvalue weighted by molar-refractivity contribution is 0.0775. The highest BCUT2D eigenvalue weighted by Gasteiger charge is 2.11. The van der Waals surface area contributed by atoms with E-state index in [1.54, 1.807) is 0 Å². The molecule has 1 rings (SSSR count). The molecule has 1 heterocycles. The second kappa shape index (κ2) is 6.85. The van der Waals surface area contributed by atoms with Gasteiger partial charge in [0, 0.05) is 6.04 Å². The smallest absolute Gasteiger partial charge is 0.0997 e. The molecule has 1 aliphatic rings. The highest BCUT2D eigenvalue weighted by Crippen LogP contribution is 2.05. The first kappa shape index (κ1) is 14.5. The molecule has 0 bridgehead atoms. The minimum absolute atomic E-state index is 0.0677. The van der Waals surface area contributed by atoms with E-state index in [-0.39, 0.29) is 5.60 Å². The van der Waals surface area contributed by atoms with E-state index < -0.39 is 0 Å². The molecule has 0 aliphatic carbocycles. The maximum atomic E-state index is 5.67. The van der Waals surface area contributed by atoms with Gasteiger partial charge < -0.3 is 15.4 Å². The van der Waals surface area contributed by atoms with Crippen molar-refractivity contribution < 1.29 is 4.74 Å². The predicted molar refractivity (Wildman–Crippen MR) is 65.7 cm³/mol. The molecule has 0 aromatic rings. The molecule has 90 valence electrons. The van der Waals surface area contributed by atoms with Gasteiger partial charge in [0.15, 0.2) is 0 Å². The molecule has 0 spiro atoms. The molecule has 0 saturated carbocycles. The number of likely N-dealkylation sites (tertiary alicyclic amines) is 1. The van der Waals surface area contributed by atoms with Crippen molar-refractivity contribution in [3.05, 3.63) is 12.8 Å². The Morgan fingerprint density at radius 1 is 1.33 bits per heavy atom. The summed E-state index contributed by atoms with van der Waals surface area (Å²) >= 11 is 0. The fraction of sp³-hybridized carbons (Fsp3) is 0.833. The monoisotopic (exact) mass is 214 g/mol. The first-order chi connectivity index (χ1) is 6.85. The van der Waals surface area contributed by atoms with Gasteiger partial charge in [0.05, 0.1) is 11.9 Å². The van der Waals surface area contributed by atoms with Crippen molar-refractivity contribution >= 4 is 0 Å². The Balaban J connectivity index is 0.000000265. The first-order valence-electron chi connectivity index (χ1n) is 5.58. The van der Waals surface area contributed by atoms with E-state index in [9.17, 15) is 0 Å². The lowest BCUT2D eigenvalue weighted by Gasteiger charge is -2.25. The standard InChI is InChI=1S/C6H14N2.C6H12O/c1-8-4-2-6(7)3-5-8;1-5-7-6(2,3)4/h6H,2-5,7H2,1H3;5H,1H2,2-4H3. The van der Waals surface area contributed by atoms with Gasteiger partial charge in [0.1, 0.15) is 0 Å². The highest BCUT2D eigenvalue weighted by atomic mass is 16.5. The van der Waals surface area contributed by atoms with Crippen LogP contribution in [0.2, 0.25) is 0 Å². The number of ether oxygens (including phenoxy) is 1. The van der Waals surface area contributed by atoms with Crippen LogP contribution in [0, 0.1) is 0 Å². The van der Waals surface area contributed by atoms with E-state index in [0.717, 1.165) is 0 Å². The highest BCUT2D eigenvalue weighted by molar-refractivity contribution is 4.70. The average Bonchev–Trinajstić information content (AvgIpc) is 2.09. The zero-order chi connectivity index (χ0) is 11.9. The van der Waals surface area contributed by atoms with Crippen molar-refractivity contribution in [3.63, 3.8) is 0 Å². The van der Waals surface area contributed by atoms with Gasteiger partial charge in [-0.25, -0.2) is 0 Å². The van der Waals surface area contributed by atoms with Crippen LogP contribution in [0.1, 0.15) is 33.6 Å². The van der Waals surface area contributed by atoms with Gasteiger partial charge >= 0.3 is 0 Å². The Morgan fingerprint density at radius 2 is 1.80 bits per heavy atom. The first-order valence-corrected chi connectivity index (χ1v) is 5.58. The maximum absolute atomic E-state index is 5.67. The summed E-state index contributed by atoms with van der Waals surface area (Å²) in [5.74, 6) is 0. The molecule has 0 atom stereocenters. The van der Waals surface area contributed by atoms with E-state index in [2.05, 4.69) is 18.5 Å². The number of rotatable bonds is 1. The topological polar surface area (TPSA) is 38.5 Å². The van der Waals surface area contributed by atoms with Gasteiger partial charge in [-0.3, -0.25) is 0 Å². The molecule has 2 N–H and O–H groups in total. The van der Waals surface area contributed by atoms with Gasteiger partial charge in [-0.15, -0.1) is 0 Å². The molecule has 3 heteroatoms. The van der Waals surface area contributed by atoms with Crippen LogP contribution in [0.3, 0.4) is 0 Å². The van der Waals surface area contributed by atoms with Crippen molar-refractivity contribution in [1.82, 2.24) is 4.90 Å². The molecule has 0 amide bonds. The SMILES string of the molecule is C=COC(C)(C)C.CN1CCC(N)CC1. The Hall–Kier alpha value is -0.540. The van der Waals surface area contributed by atoms with Crippen LogP contribution in [0.5, 0.6) is 0 Å². The van der Waals surface area contributed by atoms with Crippen LogP contribution < -0.4 is 5.73 Å². The minimum Gasteiger partial charge on any atom is -0.496 e. The molecule has 0 radical (unpaired) electrons. The predicted octanol–water partition coefficient (Wildman–Crippen LogP) is 1.98. The lowest BCUT2D eigenvalue weighted by atomic mass is 10.1. The summed E-state index contributed by atoms with van der Waals surface area (Å²) in [6.07, 6.45) is 3.81. The number of piperidine rings is 1. The summed E-state index contributed by atoms with van der Waals surface area (Å²) in [6, 6.07) is 0.478. The second-order valence-electron chi connectivity index (χ2n) is 5.04. The number of nitrogens with two attached hydrogens (primary N) is 1. The van der Waals surface area contributed by atoms with Crippen molar-refractivity contribution in [1.29, 1.82) is 0 Å². The van der Waals surface area contributed by atoms with Gasteiger partial charge in [-0.2, -0.15) is 0 Å². The number of nitrogens with zero attached hydrogens (tertiary/aromatic N) is 1. The van der Waals surface area contributed by atoms with Gasteiger partial charge in [-0.05, 0) is 53.8 Å². The van der Waals surface area contributed by atoms with Crippen LogP contribution in [-0.4, -0.2) is 36.7 Å². The zero-order valence-corrected chi connectivity index (χ0v) is 10.6. The van der Waals surface area contributed by atoms with Crippen LogP contribution >= 0.6 is 0 Å². The summed E-state index contributed by atoms with van der Waals surface area (Å²) in [6.45, 7) is 11.7. The Kier molecular flexibility index (Phi) is 6.61. The van der Waals surface area contributed by atoms with Crippen LogP contribution in [0.4, 0.5) is 0 Å². The largest absolute Gasteiger partial charge is 0.496 e. The van der Waals surface area contributed by atoms with Crippen LogP contribution in [0.25, 0.3) is 0 Å². The Morgan fingerprint density at radius 3 is 2.00 bits per heavy atom. The molecule has 0 unspecified atom stereocenters. The molecule has 1 aliphatic heterocycles. The molecule has 0 aromatic carbocycles. The molecular weight excluding hydrogens is 188 g/mol. The Bertz CT molecular complexity index is 157. The molecule has 15 heavy (non-hydrogen) atoms. The third-order valence-electron chi connectivity index (χ3n) is 2.20. The molecule has 1 fully saturated rings. The number of hydrogen-bond donors (Lipinski definition) is 1. The van der Waals surface area contributed by atoms with E-state index in [4.69, 9.17) is 10.5 Å². The summed E-state index contributed by atoms with van der Waals surface area (Å²) in [4.78, 5) is 2.32. The molecule has 0 aromatic heterocycles. The van der Waals surface area contributed by atoms with E-state index in [1.165, 1.54) is 32.2 Å². The zero-order valence-electron chi connectivity index (χ0n) is 10.6. The van der Waals surface area contributed by atoms with Crippen molar-refractivity contribution in [2.24, 2.45) is 5.73 Å². The fourth-order valence-electron chi connectivity index (χ4n) is 1.28. The van der Waals surface area contributed by atoms with E-state index in [1.807, 2.05) is 20.8 Å². The van der Waals surface area contributed by atoms with Gasteiger partial charge in [0.25, 0.3) is 0 Å². The quantitative estimate of drug-likeness (QED) is 0.678. The van der Waals surface area contributed by atoms with Crippen LogP contribution in [0.15, 0.2) is 12.8 Å². The molecular formula is C12H26N2O. The van der Waals surface area contributed by atoms with E-state index in [0.29, 0.717) is 6.04 Å². The summed E-state index contributed by atoms with van der Waals surface area (Å²) in [5.41, 5.74) is 5.60. The molecule has 3 nitrogen and oxygen atoms in total. The molecule has 1 saturated heterocycles. The third-order valence-corrected chi connectivity index (χ3v) is 2.20. The summed E-state index contributed by atoms with van der Waals surface area (Å²) in [5, 5.41) is 0. The van der Waals surface area contributed by atoms with Gasteiger partial charge in [0.2, 0.25) is 0 Å². The summed E-state index contributed by atoms with van der Waals surface area (Å²) < 4.78 is 4.99. The van der Waals surface area contributed by atoms with Crippen molar-refractivity contribution in [2.45, 2.75) is 45.3 Å². The lowest BCUT2D eigenvalue weighted by Crippen LogP contribution is -2.37. The normalized spacial score (nSPS) is 19.0. The van der Waals surface area contributed by atoms with Crippen LogP contribution in [-0.2, 0) is 4.74 Å². The fourth-order valence-corrected chi connectivity index (χ4v) is 1.28. The Labute approximate surface area is 94.3 Å². The minimum atomic E-state index is -0.0677.